The number of hydrogen-bond donors (Lipinski definition) is 0. The standard InChI is InChI=1S/C8H14ClNO/c1-6-3-4-7(2)10(6)8(9)5-11/h5-8H,3-4H2,1-2H3. The van der Waals surface area contributed by atoms with Gasteiger partial charge in [0.15, 0.2) is 6.29 Å². The summed E-state index contributed by atoms with van der Waals surface area (Å²) in [6.45, 7) is 4.23. The molecule has 1 aliphatic heterocycles. The maximum absolute atomic E-state index is 10.4. The second kappa shape index (κ2) is 3.55. The van der Waals surface area contributed by atoms with Crippen molar-refractivity contribution >= 4 is 17.9 Å². The Morgan fingerprint density at radius 2 is 1.91 bits per heavy atom. The Balaban J connectivity index is 2.60. The van der Waals surface area contributed by atoms with Crippen molar-refractivity contribution in [2.45, 2.75) is 44.3 Å². The first-order valence-corrected chi connectivity index (χ1v) is 4.47. The van der Waals surface area contributed by atoms with E-state index in [1.54, 1.807) is 0 Å². The van der Waals surface area contributed by atoms with Gasteiger partial charge in [-0.15, -0.1) is 0 Å². The van der Waals surface area contributed by atoms with Gasteiger partial charge in [-0.3, -0.25) is 4.90 Å². The molecule has 0 amide bonds. The van der Waals surface area contributed by atoms with Crippen LogP contribution in [0.2, 0.25) is 0 Å². The van der Waals surface area contributed by atoms with Gasteiger partial charge in [0.2, 0.25) is 0 Å². The van der Waals surface area contributed by atoms with Crippen molar-refractivity contribution in [2.75, 3.05) is 0 Å². The Morgan fingerprint density at radius 1 is 1.45 bits per heavy atom. The molecular weight excluding hydrogens is 162 g/mol. The summed E-state index contributed by atoms with van der Waals surface area (Å²) in [7, 11) is 0. The lowest BCUT2D eigenvalue weighted by Gasteiger charge is -2.27. The van der Waals surface area contributed by atoms with Crippen LogP contribution in [0.15, 0.2) is 0 Å². The van der Waals surface area contributed by atoms with Gasteiger partial charge in [-0.05, 0) is 26.7 Å². The number of likely N-dealkylation sites (tertiary alicyclic amines) is 1. The van der Waals surface area contributed by atoms with Crippen molar-refractivity contribution in [1.29, 1.82) is 0 Å². The molecule has 1 rings (SSSR count). The zero-order chi connectivity index (χ0) is 8.43. The van der Waals surface area contributed by atoms with Gasteiger partial charge in [-0.1, -0.05) is 11.6 Å². The van der Waals surface area contributed by atoms with Crippen LogP contribution in [0.4, 0.5) is 0 Å². The van der Waals surface area contributed by atoms with E-state index in [-0.39, 0.29) is 0 Å². The van der Waals surface area contributed by atoms with E-state index in [1.165, 1.54) is 0 Å². The molecule has 0 aromatic heterocycles. The van der Waals surface area contributed by atoms with Crippen LogP contribution in [-0.4, -0.2) is 28.8 Å². The number of nitrogens with zero attached hydrogens (tertiary/aromatic N) is 1. The average Bonchev–Trinajstić information content (AvgIpc) is 2.30. The van der Waals surface area contributed by atoms with E-state index in [2.05, 4.69) is 18.7 Å². The van der Waals surface area contributed by atoms with Gasteiger partial charge in [-0.25, -0.2) is 0 Å². The molecule has 1 saturated heterocycles. The minimum absolute atomic E-state index is 0.428. The maximum atomic E-state index is 10.4. The first-order chi connectivity index (χ1) is 5.16. The third kappa shape index (κ3) is 1.74. The van der Waals surface area contributed by atoms with Gasteiger partial charge in [0.1, 0.15) is 5.50 Å². The highest BCUT2D eigenvalue weighted by atomic mass is 35.5. The predicted molar refractivity (Wildman–Crippen MR) is 45.7 cm³/mol. The smallest absolute Gasteiger partial charge is 0.152 e. The summed E-state index contributed by atoms with van der Waals surface area (Å²) in [6, 6.07) is 0.912. The Kier molecular flexibility index (Phi) is 2.90. The van der Waals surface area contributed by atoms with Crippen molar-refractivity contribution < 1.29 is 4.79 Å². The number of halogens is 1. The van der Waals surface area contributed by atoms with E-state index in [1.807, 2.05) is 0 Å². The van der Waals surface area contributed by atoms with Crippen LogP contribution in [0, 0.1) is 0 Å². The van der Waals surface area contributed by atoms with E-state index in [4.69, 9.17) is 11.6 Å². The summed E-state index contributed by atoms with van der Waals surface area (Å²) in [4.78, 5) is 12.5. The Morgan fingerprint density at radius 3 is 2.27 bits per heavy atom. The maximum Gasteiger partial charge on any atom is 0.152 e. The Bertz CT molecular complexity index is 141. The molecule has 0 saturated carbocycles. The second-order valence-corrected chi connectivity index (χ2v) is 3.68. The van der Waals surface area contributed by atoms with Crippen molar-refractivity contribution in [1.82, 2.24) is 4.90 Å². The highest BCUT2D eigenvalue weighted by Gasteiger charge is 2.31. The quantitative estimate of drug-likeness (QED) is 0.361. The van der Waals surface area contributed by atoms with Gasteiger partial charge in [0.05, 0.1) is 0 Å². The van der Waals surface area contributed by atoms with Gasteiger partial charge in [0, 0.05) is 12.1 Å². The highest BCUT2D eigenvalue weighted by Crippen LogP contribution is 2.26. The summed E-state index contributed by atoms with van der Waals surface area (Å²) in [5, 5.41) is 0. The first-order valence-electron chi connectivity index (χ1n) is 4.03. The molecule has 11 heavy (non-hydrogen) atoms. The molecule has 3 heteroatoms. The molecule has 3 atom stereocenters. The number of rotatable bonds is 2. The third-order valence-electron chi connectivity index (χ3n) is 2.42. The normalized spacial score (nSPS) is 35.5. The number of hydrogen-bond acceptors (Lipinski definition) is 2. The van der Waals surface area contributed by atoms with Crippen LogP contribution in [0.5, 0.6) is 0 Å². The monoisotopic (exact) mass is 175 g/mol. The summed E-state index contributed by atoms with van der Waals surface area (Å²) in [6.07, 6.45) is 3.11. The Hall–Kier alpha value is -0.0800. The summed E-state index contributed by atoms with van der Waals surface area (Å²) >= 11 is 5.82. The fourth-order valence-corrected chi connectivity index (χ4v) is 2.16. The molecule has 0 aliphatic carbocycles. The van der Waals surface area contributed by atoms with E-state index in [0.717, 1.165) is 19.1 Å². The number of carbonyl (C=O) groups excluding carboxylic acids is 1. The number of alkyl halides is 1. The van der Waals surface area contributed by atoms with Crippen LogP contribution >= 0.6 is 11.6 Å². The zero-order valence-corrected chi connectivity index (χ0v) is 7.71. The molecule has 0 aromatic rings. The van der Waals surface area contributed by atoms with Crippen LogP contribution in [0.25, 0.3) is 0 Å². The van der Waals surface area contributed by atoms with Crippen LogP contribution in [-0.2, 0) is 4.79 Å². The highest BCUT2D eigenvalue weighted by molar-refractivity contribution is 6.27. The summed E-state index contributed by atoms with van der Waals surface area (Å²) < 4.78 is 0. The molecule has 1 fully saturated rings. The molecule has 0 spiro atoms. The molecule has 3 unspecified atom stereocenters. The minimum atomic E-state index is -0.428. The zero-order valence-electron chi connectivity index (χ0n) is 6.96. The fourth-order valence-electron chi connectivity index (χ4n) is 1.77. The molecule has 0 radical (unpaired) electrons. The van der Waals surface area contributed by atoms with Gasteiger partial charge < -0.3 is 4.79 Å². The van der Waals surface area contributed by atoms with Crippen molar-refractivity contribution in [3.8, 4) is 0 Å². The number of carbonyl (C=O) groups is 1. The molecule has 0 N–H and O–H groups in total. The predicted octanol–water partition coefficient (Wildman–Crippen LogP) is 1.62. The molecule has 0 bridgehead atoms. The van der Waals surface area contributed by atoms with Crippen LogP contribution in [0.1, 0.15) is 26.7 Å². The lowest BCUT2D eigenvalue weighted by atomic mass is 10.2. The Labute approximate surface area is 72.5 Å². The summed E-state index contributed by atoms with van der Waals surface area (Å²) in [5.41, 5.74) is -0.428. The van der Waals surface area contributed by atoms with E-state index in [0.29, 0.717) is 12.1 Å². The van der Waals surface area contributed by atoms with Gasteiger partial charge in [0.25, 0.3) is 0 Å². The molecule has 0 aromatic carbocycles. The minimum Gasteiger partial charge on any atom is -0.300 e. The first kappa shape index (κ1) is 9.01. The van der Waals surface area contributed by atoms with Crippen molar-refractivity contribution in [2.24, 2.45) is 0 Å². The fraction of sp³-hybridized carbons (Fsp3) is 0.875. The van der Waals surface area contributed by atoms with Crippen molar-refractivity contribution in [3.63, 3.8) is 0 Å². The second-order valence-electron chi connectivity index (χ2n) is 3.23. The van der Waals surface area contributed by atoms with E-state index < -0.39 is 5.50 Å². The van der Waals surface area contributed by atoms with E-state index >= 15 is 0 Å². The largest absolute Gasteiger partial charge is 0.300 e. The molecule has 1 heterocycles. The average molecular weight is 176 g/mol. The van der Waals surface area contributed by atoms with E-state index in [9.17, 15) is 4.79 Å². The van der Waals surface area contributed by atoms with Gasteiger partial charge in [-0.2, -0.15) is 0 Å². The number of aldehydes is 1. The SMILES string of the molecule is CC1CCC(C)N1C(Cl)C=O. The molecular formula is C8H14ClNO. The summed E-state index contributed by atoms with van der Waals surface area (Å²) in [5.74, 6) is 0. The lowest BCUT2D eigenvalue weighted by Crippen LogP contribution is -2.39. The van der Waals surface area contributed by atoms with Crippen LogP contribution in [0.3, 0.4) is 0 Å². The van der Waals surface area contributed by atoms with Gasteiger partial charge >= 0.3 is 0 Å². The molecule has 2 nitrogen and oxygen atoms in total. The van der Waals surface area contributed by atoms with Crippen LogP contribution < -0.4 is 0 Å². The molecule has 1 aliphatic rings. The topological polar surface area (TPSA) is 20.3 Å². The third-order valence-corrected chi connectivity index (χ3v) is 2.75. The molecule has 64 valence electrons. The van der Waals surface area contributed by atoms with Crippen molar-refractivity contribution in [3.05, 3.63) is 0 Å². The lowest BCUT2D eigenvalue weighted by molar-refractivity contribution is -0.110.